The maximum absolute atomic E-state index is 13.2. The average Bonchev–Trinajstić information content (AvgIpc) is 2.75. The first-order valence-electron chi connectivity index (χ1n) is 9.72. The van der Waals surface area contributed by atoms with E-state index in [9.17, 15) is 28.1 Å². The van der Waals surface area contributed by atoms with Gasteiger partial charge in [0, 0.05) is 25.7 Å². The van der Waals surface area contributed by atoms with E-state index >= 15 is 0 Å². The molecule has 1 N–H and O–H groups in total. The first-order valence-corrected chi connectivity index (χ1v) is 11.6. The van der Waals surface area contributed by atoms with Gasteiger partial charge in [0.2, 0.25) is 21.8 Å². The van der Waals surface area contributed by atoms with Crippen LogP contribution in [0.3, 0.4) is 0 Å². The number of sulfonamides is 1. The van der Waals surface area contributed by atoms with E-state index in [0.29, 0.717) is 0 Å². The van der Waals surface area contributed by atoms with Crippen molar-refractivity contribution in [1.82, 2.24) is 10.2 Å². The van der Waals surface area contributed by atoms with Crippen molar-refractivity contribution in [2.45, 2.75) is 26.4 Å². The van der Waals surface area contributed by atoms with Crippen LogP contribution in [-0.2, 0) is 26.2 Å². The number of likely N-dealkylation sites (N-methyl/N-ethyl adjacent to an activating group) is 1. The number of aryl methyl sites for hydroxylation is 1. The van der Waals surface area contributed by atoms with Crippen molar-refractivity contribution in [2.24, 2.45) is 0 Å². The maximum atomic E-state index is 13.2. The number of nitro groups is 1. The zero-order valence-corrected chi connectivity index (χ0v) is 19.1. The first-order chi connectivity index (χ1) is 14.9. The molecule has 2 aromatic carbocycles. The topological polar surface area (TPSA) is 130 Å². The Labute approximate surface area is 187 Å². The van der Waals surface area contributed by atoms with Gasteiger partial charge in [-0.15, -0.1) is 0 Å². The Morgan fingerprint density at radius 3 is 2.31 bits per heavy atom. The summed E-state index contributed by atoms with van der Waals surface area (Å²) < 4.78 is 25.7. The third-order valence-corrected chi connectivity index (χ3v) is 6.04. The van der Waals surface area contributed by atoms with Gasteiger partial charge in [-0.1, -0.05) is 35.9 Å². The molecule has 0 aliphatic carbocycles. The molecule has 0 aromatic heterocycles. The second-order valence-electron chi connectivity index (χ2n) is 7.34. The van der Waals surface area contributed by atoms with Crippen LogP contribution in [-0.4, -0.2) is 55.9 Å². The maximum Gasteiger partial charge on any atom is 0.271 e. The number of hydrogen-bond acceptors (Lipinski definition) is 6. The van der Waals surface area contributed by atoms with Crippen LogP contribution in [0.5, 0.6) is 0 Å². The van der Waals surface area contributed by atoms with E-state index < -0.39 is 39.3 Å². The summed E-state index contributed by atoms with van der Waals surface area (Å²) in [6, 6.07) is 11.5. The van der Waals surface area contributed by atoms with Crippen molar-refractivity contribution in [1.29, 1.82) is 0 Å². The highest BCUT2D eigenvalue weighted by Crippen LogP contribution is 2.23. The highest BCUT2D eigenvalue weighted by atomic mass is 32.2. The lowest BCUT2D eigenvalue weighted by Crippen LogP contribution is -2.50. The van der Waals surface area contributed by atoms with Gasteiger partial charge >= 0.3 is 0 Å². The monoisotopic (exact) mass is 462 g/mol. The number of amides is 2. The zero-order valence-electron chi connectivity index (χ0n) is 18.3. The summed E-state index contributed by atoms with van der Waals surface area (Å²) in [7, 11) is -2.51. The molecule has 1 atom stereocenters. The lowest BCUT2D eigenvalue weighted by molar-refractivity contribution is -0.384. The van der Waals surface area contributed by atoms with Crippen molar-refractivity contribution < 1.29 is 22.9 Å². The fourth-order valence-corrected chi connectivity index (χ4v) is 3.90. The number of hydrogen-bond donors (Lipinski definition) is 1. The van der Waals surface area contributed by atoms with Gasteiger partial charge in [-0.2, -0.15) is 0 Å². The van der Waals surface area contributed by atoms with Crippen LogP contribution >= 0.6 is 0 Å². The number of benzene rings is 2. The summed E-state index contributed by atoms with van der Waals surface area (Å²) in [5.74, 6) is -1.04. The molecular weight excluding hydrogens is 436 g/mol. The van der Waals surface area contributed by atoms with E-state index in [1.807, 2.05) is 31.2 Å². The third-order valence-electron chi connectivity index (χ3n) is 4.89. The van der Waals surface area contributed by atoms with Gasteiger partial charge in [0.1, 0.15) is 12.6 Å². The second-order valence-corrected chi connectivity index (χ2v) is 9.25. The first kappa shape index (κ1) is 24.8. The number of non-ortho nitro benzene ring substituents is 1. The zero-order chi connectivity index (χ0) is 24.1. The van der Waals surface area contributed by atoms with Crippen LogP contribution in [0.1, 0.15) is 18.1 Å². The van der Waals surface area contributed by atoms with E-state index in [4.69, 9.17) is 0 Å². The van der Waals surface area contributed by atoms with Crippen LogP contribution in [0.15, 0.2) is 48.5 Å². The van der Waals surface area contributed by atoms with E-state index in [-0.39, 0.29) is 17.9 Å². The van der Waals surface area contributed by atoms with Crippen LogP contribution in [0.25, 0.3) is 0 Å². The molecule has 2 amide bonds. The number of nitrogens with zero attached hydrogens (tertiary/aromatic N) is 3. The van der Waals surface area contributed by atoms with Crippen LogP contribution in [0, 0.1) is 17.0 Å². The van der Waals surface area contributed by atoms with Gasteiger partial charge in [-0.3, -0.25) is 24.0 Å². The van der Waals surface area contributed by atoms with Crippen molar-refractivity contribution in [3.8, 4) is 0 Å². The van der Waals surface area contributed by atoms with E-state index in [1.165, 1.54) is 30.1 Å². The average molecular weight is 463 g/mol. The minimum absolute atomic E-state index is 0.0158. The van der Waals surface area contributed by atoms with Crippen LogP contribution in [0.2, 0.25) is 0 Å². The molecule has 0 heterocycles. The molecule has 0 saturated carbocycles. The molecule has 172 valence electrons. The fraction of sp³-hybridized carbons (Fsp3) is 0.333. The molecule has 0 radical (unpaired) electrons. The minimum atomic E-state index is -3.96. The molecule has 2 rings (SSSR count). The Morgan fingerprint density at radius 2 is 1.78 bits per heavy atom. The highest BCUT2D eigenvalue weighted by Gasteiger charge is 2.30. The molecule has 32 heavy (non-hydrogen) atoms. The summed E-state index contributed by atoms with van der Waals surface area (Å²) in [6.07, 6.45) is 0.908. The fourth-order valence-electron chi connectivity index (χ4n) is 3.06. The molecule has 0 aliphatic heterocycles. The minimum Gasteiger partial charge on any atom is -0.357 e. The molecule has 0 bridgehead atoms. The van der Waals surface area contributed by atoms with Gasteiger partial charge in [0.15, 0.2) is 0 Å². The highest BCUT2D eigenvalue weighted by molar-refractivity contribution is 7.92. The van der Waals surface area contributed by atoms with Gasteiger partial charge in [-0.05, 0) is 25.5 Å². The summed E-state index contributed by atoms with van der Waals surface area (Å²) >= 11 is 0. The largest absolute Gasteiger partial charge is 0.357 e. The Bertz CT molecular complexity index is 1100. The quantitative estimate of drug-likeness (QED) is 0.447. The molecule has 0 spiro atoms. The molecule has 0 unspecified atom stereocenters. The van der Waals surface area contributed by atoms with E-state index in [1.54, 1.807) is 6.92 Å². The van der Waals surface area contributed by atoms with Gasteiger partial charge < -0.3 is 10.2 Å². The van der Waals surface area contributed by atoms with Crippen LogP contribution < -0.4 is 9.62 Å². The van der Waals surface area contributed by atoms with E-state index in [2.05, 4.69) is 5.32 Å². The predicted molar refractivity (Wildman–Crippen MR) is 121 cm³/mol. The SMILES string of the molecule is CNC(=O)[C@@H](C)N(Cc1ccc(C)cc1)C(=O)CN(c1cccc([N+](=O)[O-])c1)S(C)(=O)=O. The molecule has 0 aliphatic rings. The van der Waals surface area contributed by atoms with Crippen molar-refractivity contribution in [2.75, 3.05) is 24.2 Å². The lowest BCUT2D eigenvalue weighted by atomic mass is 10.1. The number of nitro benzene ring substituents is 1. The number of rotatable bonds is 9. The van der Waals surface area contributed by atoms with Crippen molar-refractivity contribution in [3.05, 3.63) is 69.8 Å². The lowest BCUT2D eigenvalue weighted by Gasteiger charge is -2.31. The second kappa shape index (κ2) is 10.2. The molecular formula is C21H26N4O6S. The Kier molecular flexibility index (Phi) is 7.92. The summed E-state index contributed by atoms with van der Waals surface area (Å²) in [5, 5.41) is 13.6. The number of nitrogens with one attached hydrogen (secondary N) is 1. The Hall–Kier alpha value is -3.47. The Morgan fingerprint density at radius 1 is 1.16 bits per heavy atom. The summed E-state index contributed by atoms with van der Waals surface area (Å²) in [5.41, 5.74) is 1.47. The number of carbonyl (C=O) groups is 2. The van der Waals surface area contributed by atoms with Gasteiger partial charge in [-0.25, -0.2) is 8.42 Å². The predicted octanol–water partition coefficient (Wildman–Crippen LogP) is 1.83. The number of carbonyl (C=O) groups excluding carboxylic acids is 2. The third kappa shape index (κ3) is 6.27. The molecule has 11 heteroatoms. The molecule has 0 saturated heterocycles. The summed E-state index contributed by atoms with van der Waals surface area (Å²) in [6.45, 7) is 2.93. The normalized spacial score (nSPS) is 12.0. The van der Waals surface area contributed by atoms with Crippen molar-refractivity contribution >= 4 is 33.2 Å². The Balaban J connectivity index is 2.41. The standard InChI is InChI=1S/C21H26N4O6S/c1-15-8-10-17(11-9-15)13-23(16(2)21(27)22-3)20(26)14-24(32(4,30)31)18-6-5-7-19(12-18)25(28)29/h5-12,16H,13-14H2,1-4H3,(H,22,27)/t16-/m1/s1. The van der Waals surface area contributed by atoms with Crippen LogP contribution in [0.4, 0.5) is 11.4 Å². The van der Waals surface area contributed by atoms with E-state index in [0.717, 1.165) is 27.8 Å². The van der Waals surface area contributed by atoms with Gasteiger partial charge in [0.25, 0.3) is 5.69 Å². The molecule has 10 nitrogen and oxygen atoms in total. The van der Waals surface area contributed by atoms with Crippen molar-refractivity contribution in [3.63, 3.8) is 0 Å². The molecule has 2 aromatic rings. The molecule has 0 fully saturated rings. The number of anilines is 1. The smallest absolute Gasteiger partial charge is 0.271 e. The van der Waals surface area contributed by atoms with Gasteiger partial charge in [0.05, 0.1) is 16.9 Å². The summed E-state index contributed by atoms with van der Waals surface area (Å²) in [4.78, 5) is 37.2.